The van der Waals surface area contributed by atoms with Crippen molar-refractivity contribution in [3.8, 4) is 0 Å². The highest BCUT2D eigenvalue weighted by molar-refractivity contribution is 5.11. The van der Waals surface area contributed by atoms with Crippen molar-refractivity contribution in [3.05, 3.63) is 12.2 Å². The van der Waals surface area contributed by atoms with Crippen molar-refractivity contribution < 1.29 is 10.2 Å². The zero-order valence-electron chi connectivity index (χ0n) is 9.90. The van der Waals surface area contributed by atoms with E-state index in [1.54, 1.807) is 20.8 Å². The van der Waals surface area contributed by atoms with Crippen LogP contribution < -0.4 is 0 Å². The maximum Gasteiger partial charge on any atom is 0.0902 e. The molecule has 2 N–H and O–H groups in total. The van der Waals surface area contributed by atoms with Gasteiger partial charge in [-0.3, -0.25) is 0 Å². The van der Waals surface area contributed by atoms with Gasteiger partial charge in [-0.15, -0.1) is 0 Å². The third-order valence-corrected chi connectivity index (χ3v) is 4.39. The molecule has 4 atom stereocenters. The average molecular weight is 210 g/mol. The zero-order chi connectivity index (χ0) is 11.3. The molecule has 2 bridgehead atoms. The van der Waals surface area contributed by atoms with Gasteiger partial charge in [-0.05, 0) is 57.8 Å². The van der Waals surface area contributed by atoms with Crippen molar-refractivity contribution in [2.45, 2.75) is 51.2 Å². The monoisotopic (exact) mass is 210 g/mol. The normalized spacial score (nSPS) is 38.3. The second-order valence-electron chi connectivity index (χ2n) is 6.08. The van der Waals surface area contributed by atoms with Crippen LogP contribution in [0.25, 0.3) is 0 Å². The Hall–Kier alpha value is -0.340. The van der Waals surface area contributed by atoms with Gasteiger partial charge in [-0.1, -0.05) is 12.2 Å². The molecule has 4 unspecified atom stereocenters. The van der Waals surface area contributed by atoms with Crippen molar-refractivity contribution in [1.29, 1.82) is 0 Å². The molecule has 1 fully saturated rings. The molecule has 2 aliphatic rings. The second kappa shape index (κ2) is 3.33. The lowest BCUT2D eigenvalue weighted by Gasteiger charge is -2.38. The predicted octanol–water partition coefficient (Wildman–Crippen LogP) is 2.11. The van der Waals surface area contributed by atoms with Crippen molar-refractivity contribution in [2.24, 2.45) is 17.8 Å². The number of rotatable bonds is 3. The Balaban J connectivity index is 2.01. The van der Waals surface area contributed by atoms with Crippen LogP contribution in [0.15, 0.2) is 12.2 Å². The molecule has 2 rings (SSSR count). The Morgan fingerprint density at radius 3 is 2.20 bits per heavy atom. The summed E-state index contributed by atoms with van der Waals surface area (Å²) in [6.45, 7) is 5.13. The number of aliphatic hydroxyl groups is 2. The van der Waals surface area contributed by atoms with Gasteiger partial charge in [0.05, 0.1) is 11.2 Å². The second-order valence-corrected chi connectivity index (χ2v) is 6.08. The summed E-state index contributed by atoms with van der Waals surface area (Å²) < 4.78 is 0. The molecular formula is C13H22O2. The number of hydrogen-bond acceptors (Lipinski definition) is 2. The van der Waals surface area contributed by atoms with E-state index in [4.69, 9.17) is 0 Å². The quantitative estimate of drug-likeness (QED) is 0.700. The van der Waals surface area contributed by atoms with Gasteiger partial charge in [-0.25, -0.2) is 0 Å². The van der Waals surface area contributed by atoms with E-state index in [0.717, 1.165) is 5.92 Å². The van der Waals surface area contributed by atoms with E-state index in [1.165, 1.54) is 12.8 Å². The lowest BCUT2D eigenvalue weighted by molar-refractivity contribution is -0.132. The first-order valence-electron chi connectivity index (χ1n) is 5.93. The van der Waals surface area contributed by atoms with Gasteiger partial charge in [0.25, 0.3) is 0 Å². The van der Waals surface area contributed by atoms with Gasteiger partial charge in [0.15, 0.2) is 0 Å². The Bertz CT molecular complexity index is 273. The molecule has 0 heterocycles. The van der Waals surface area contributed by atoms with Crippen LogP contribution >= 0.6 is 0 Å². The van der Waals surface area contributed by atoms with Crippen LogP contribution in [0.2, 0.25) is 0 Å². The van der Waals surface area contributed by atoms with Crippen molar-refractivity contribution in [2.75, 3.05) is 0 Å². The van der Waals surface area contributed by atoms with Gasteiger partial charge >= 0.3 is 0 Å². The highest BCUT2D eigenvalue weighted by atomic mass is 16.3. The third-order valence-electron chi connectivity index (χ3n) is 4.39. The molecule has 0 radical (unpaired) electrons. The van der Waals surface area contributed by atoms with E-state index < -0.39 is 11.2 Å². The summed E-state index contributed by atoms with van der Waals surface area (Å²) in [7, 11) is 0. The molecule has 0 aromatic rings. The lowest BCUT2D eigenvalue weighted by Crippen LogP contribution is -2.49. The Labute approximate surface area is 92.0 Å². The molecule has 86 valence electrons. The zero-order valence-corrected chi connectivity index (χ0v) is 9.90. The van der Waals surface area contributed by atoms with Crippen LogP contribution in [-0.2, 0) is 0 Å². The van der Waals surface area contributed by atoms with Crippen LogP contribution in [0.5, 0.6) is 0 Å². The summed E-state index contributed by atoms with van der Waals surface area (Å²) in [5.74, 6) is 1.93. The maximum absolute atomic E-state index is 10.3. The van der Waals surface area contributed by atoms with Crippen LogP contribution in [0.1, 0.15) is 40.0 Å². The highest BCUT2D eigenvalue weighted by Crippen LogP contribution is 2.47. The molecule has 1 saturated carbocycles. The van der Waals surface area contributed by atoms with Crippen molar-refractivity contribution in [3.63, 3.8) is 0 Å². The molecule has 15 heavy (non-hydrogen) atoms. The molecule has 0 saturated heterocycles. The fourth-order valence-electron chi connectivity index (χ4n) is 2.89. The van der Waals surface area contributed by atoms with Gasteiger partial charge in [0.1, 0.15) is 0 Å². The summed E-state index contributed by atoms with van der Waals surface area (Å²) in [6, 6.07) is 0. The van der Waals surface area contributed by atoms with Crippen molar-refractivity contribution in [1.82, 2.24) is 0 Å². The number of fused-ring (bicyclic) bond motifs is 2. The third kappa shape index (κ3) is 1.98. The van der Waals surface area contributed by atoms with Crippen molar-refractivity contribution >= 4 is 0 Å². The number of hydrogen-bond donors (Lipinski definition) is 2. The Morgan fingerprint density at radius 2 is 1.80 bits per heavy atom. The Morgan fingerprint density at radius 1 is 1.13 bits per heavy atom. The van der Waals surface area contributed by atoms with E-state index in [2.05, 4.69) is 12.2 Å². The highest BCUT2D eigenvalue weighted by Gasteiger charge is 2.44. The molecular weight excluding hydrogens is 188 g/mol. The predicted molar refractivity (Wildman–Crippen MR) is 60.4 cm³/mol. The lowest BCUT2D eigenvalue weighted by atomic mass is 9.76. The summed E-state index contributed by atoms with van der Waals surface area (Å²) in [6.07, 6.45) is 7.75. The van der Waals surface area contributed by atoms with E-state index in [9.17, 15) is 10.2 Å². The van der Waals surface area contributed by atoms with Crippen LogP contribution in [-0.4, -0.2) is 21.4 Å². The summed E-state index contributed by atoms with van der Waals surface area (Å²) in [5, 5.41) is 20.2. The molecule has 0 spiro atoms. The standard InChI is InChI=1S/C13H22O2/c1-12(2,14)13(3,15)8-11-7-9-4-5-10(11)6-9/h4-5,9-11,14-15H,6-8H2,1-3H3. The van der Waals surface area contributed by atoms with Crippen LogP contribution in [0, 0.1) is 17.8 Å². The summed E-state index contributed by atoms with van der Waals surface area (Å²) in [5.41, 5.74) is -1.99. The van der Waals surface area contributed by atoms with E-state index >= 15 is 0 Å². The fourth-order valence-corrected chi connectivity index (χ4v) is 2.89. The molecule has 0 aromatic heterocycles. The minimum Gasteiger partial charge on any atom is -0.387 e. The molecule has 2 heteroatoms. The number of allylic oxidation sites excluding steroid dienone is 2. The molecule has 2 nitrogen and oxygen atoms in total. The molecule has 0 aromatic carbocycles. The van der Waals surface area contributed by atoms with Gasteiger partial charge < -0.3 is 10.2 Å². The first-order chi connectivity index (χ1) is 6.79. The van der Waals surface area contributed by atoms with E-state index in [1.807, 2.05) is 0 Å². The first-order valence-corrected chi connectivity index (χ1v) is 5.93. The fraction of sp³-hybridized carbons (Fsp3) is 0.846. The van der Waals surface area contributed by atoms with Gasteiger partial charge in [0.2, 0.25) is 0 Å². The SMILES string of the molecule is CC(C)(O)C(C)(O)CC1CC2C=CC1C2. The summed E-state index contributed by atoms with van der Waals surface area (Å²) >= 11 is 0. The topological polar surface area (TPSA) is 40.5 Å². The minimum atomic E-state index is -1.02. The molecule has 0 aliphatic heterocycles. The minimum absolute atomic E-state index is 0.557. The maximum atomic E-state index is 10.3. The van der Waals surface area contributed by atoms with Crippen LogP contribution in [0.4, 0.5) is 0 Å². The molecule has 0 amide bonds. The van der Waals surface area contributed by atoms with Gasteiger partial charge in [-0.2, -0.15) is 0 Å². The van der Waals surface area contributed by atoms with E-state index in [-0.39, 0.29) is 0 Å². The molecule has 2 aliphatic carbocycles. The van der Waals surface area contributed by atoms with Crippen LogP contribution in [0.3, 0.4) is 0 Å². The largest absolute Gasteiger partial charge is 0.387 e. The summed E-state index contributed by atoms with van der Waals surface area (Å²) in [4.78, 5) is 0. The average Bonchev–Trinajstić information content (AvgIpc) is 2.61. The smallest absolute Gasteiger partial charge is 0.0902 e. The van der Waals surface area contributed by atoms with E-state index in [0.29, 0.717) is 18.3 Å². The Kier molecular flexibility index (Phi) is 2.47. The van der Waals surface area contributed by atoms with Gasteiger partial charge in [0, 0.05) is 0 Å². The first kappa shape index (κ1) is 11.2.